The Bertz CT molecular complexity index is 432. The summed E-state index contributed by atoms with van der Waals surface area (Å²) in [6.07, 6.45) is 0.617. The van der Waals surface area contributed by atoms with E-state index in [4.69, 9.17) is 9.47 Å². The summed E-state index contributed by atoms with van der Waals surface area (Å²) in [5, 5.41) is 0. The Labute approximate surface area is 105 Å². The minimum Gasteiger partial charge on any atom is -0.476 e. The lowest BCUT2D eigenvalue weighted by Crippen LogP contribution is -2.27. The van der Waals surface area contributed by atoms with Crippen LogP contribution in [0.15, 0.2) is 18.3 Å². The molecule has 18 heavy (non-hydrogen) atoms. The van der Waals surface area contributed by atoms with Crippen molar-refractivity contribution >= 4 is 11.9 Å². The van der Waals surface area contributed by atoms with E-state index in [1.165, 1.54) is 26.3 Å². The molecule has 0 N–H and O–H groups in total. The molecule has 6 heteroatoms. The topological polar surface area (TPSA) is 74.7 Å². The van der Waals surface area contributed by atoms with Gasteiger partial charge in [0.2, 0.25) is 0 Å². The summed E-state index contributed by atoms with van der Waals surface area (Å²) in [5.74, 6) is -0.941. The third kappa shape index (κ3) is 3.44. The molecule has 0 aromatic carbocycles. The van der Waals surface area contributed by atoms with Crippen LogP contribution in [0, 0.1) is 0 Å². The van der Waals surface area contributed by atoms with Crippen LogP contribution in [0.25, 0.3) is 0 Å². The first-order valence-corrected chi connectivity index (χ1v) is 5.46. The summed E-state index contributed by atoms with van der Waals surface area (Å²) >= 11 is 0. The summed E-state index contributed by atoms with van der Waals surface area (Å²) in [7, 11) is 1.25. The number of pyridine rings is 1. The van der Waals surface area contributed by atoms with Crippen molar-refractivity contribution in [1.29, 1.82) is 0 Å². The molecule has 0 fully saturated rings. The molecule has 0 aliphatic heterocycles. The van der Waals surface area contributed by atoms with Crippen molar-refractivity contribution in [2.75, 3.05) is 13.7 Å². The van der Waals surface area contributed by atoms with Crippen LogP contribution in [0.3, 0.4) is 0 Å². The molecule has 1 aromatic rings. The number of aromatic nitrogens is 1. The molecule has 0 aliphatic carbocycles. The number of ether oxygens (including phenoxy) is 3. The van der Waals surface area contributed by atoms with Crippen molar-refractivity contribution < 1.29 is 23.8 Å². The third-order valence-corrected chi connectivity index (χ3v) is 2.07. The van der Waals surface area contributed by atoms with E-state index in [0.29, 0.717) is 0 Å². The van der Waals surface area contributed by atoms with Crippen LogP contribution in [0.5, 0.6) is 5.75 Å². The molecule has 0 bridgehead atoms. The van der Waals surface area contributed by atoms with Crippen molar-refractivity contribution in [3.05, 3.63) is 24.0 Å². The van der Waals surface area contributed by atoms with E-state index in [0.717, 1.165) is 0 Å². The summed E-state index contributed by atoms with van der Waals surface area (Å²) in [5.41, 5.74) is 0.0242. The van der Waals surface area contributed by atoms with Gasteiger partial charge in [0.05, 0.1) is 13.7 Å². The van der Waals surface area contributed by atoms with E-state index in [9.17, 15) is 9.59 Å². The molecule has 0 saturated carbocycles. The molecular weight excluding hydrogens is 238 g/mol. The second-order valence-electron chi connectivity index (χ2n) is 3.35. The molecule has 98 valence electrons. The Hall–Kier alpha value is -2.11. The Morgan fingerprint density at radius 2 is 2.17 bits per heavy atom. The van der Waals surface area contributed by atoms with Crippen LogP contribution in [-0.2, 0) is 14.3 Å². The second kappa shape index (κ2) is 6.58. The van der Waals surface area contributed by atoms with E-state index in [-0.39, 0.29) is 18.1 Å². The van der Waals surface area contributed by atoms with Crippen molar-refractivity contribution in [3.8, 4) is 5.75 Å². The van der Waals surface area contributed by atoms with Crippen LogP contribution < -0.4 is 4.74 Å². The fourth-order valence-electron chi connectivity index (χ4n) is 1.23. The number of hydrogen-bond acceptors (Lipinski definition) is 6. The van der Waals surface area contributed by atoms with Gasteiger partial charge < -0.3 is 14.2 Å². The summed E-state index contributed by atoms with van der Waals surface area (Å²) in [4.78, 5) is 26.7. The predicted molar refractivity (Wildman–Crippen MR) is 62.3 cm³/mol. The lowest BCUT2D eigenvalue weighted by Gasteiger charge is -2.14. The highest BCUT2D eigenvalue weighted by atomic mass is 16.6. The van der Waals surface area contributed by atoms with E-state index in [1.54, 1.807) is 13.0 Å². The molecule has 1 rings (SSSR count). The van der Waals surface area contributed by atoms with Gasteiger partial charge in [-0.3, -0.25) is 0 Å². The van der Waals surface area contributed by atoms with Crippen LogP contribution in [0.4, 0.5) is 0 Å². The lowest BCUT2D eigenvalue weighted by atomic mass is 10.3. The van der Waals surface area contributed by atoms with Gasteiger partial charge in [0.25, 0.3) is 0 Å². The maximum atomic E-state index is 11.4. The van der Waals surface area contributed by atoms with E-state index in [2.05, 4.69) is 9.72 Å². The van der Waals surface area contributed by atoms with Gasteiger partial charge >= 0.3 is 11.9 Å². The fraction of sp³-hybridized carbons (Fsp3) is 0.417. The molecule has 0 radical (unpaired) electrons. The first kappa shape index (κ1) is 14.0. The monoisotopic (exact) mass is 253 g/mol. The first-order valence-electron chi connectivity index (χ1n) is 5.46. The lowest BCUT2D eigenvalue weighted by molar-refractivity contribution is -0.150. The van der Waals surface area contributed by atoms with Crippen LogP contribution in [-0.4, -0.2) is 36.7 Å². The highest BCUT2D eigenvalue weighted by Gasteiger charge is 2.20. The molecule has 1 atom stereocenters. The quantitative estimate of drug-likeness (QED) is 0.734. The SMILES string of the molecule is CCOC(=O)C(C)Oc1cccnc1C(=O)OC. The molecule has 0 aliphatic rings. The van der Waals surface area contributed by atoms with E-state index in [1.807, 2.05) is 0 Å². The van der Waals surface area contributed by atoms with Gasteiger partial charge in [0, 0.05) is 6.20 Å². The van der Waals surface area contributed by atoms with Crippen molar-refractivity contribution in [2.45, 2.75) is 20.0 Å². The smallest absolute Gasteiger partial charge is 0.360 e. The van der Waals surface area contributed by atoms with Gasteiger partial charge in [-0.25, -0.2) is 14.6 Å². The average Bonchev–Trinajstić information content (AvgIpc) is 2.38. The molecule has 1 heterocycles. The van der Waals surface area contributed by atoms with Crippen molar-refractivity contribution in [1.82, 2.24) is 4.98 Å². The number of rotatable bonds is 5. The zero-order valence-corrected chi connectivity index (χ0v) is 10.5. The van der Waals surface area contributed by atoms with Gasteiger partial charge in [-0.2, -0.15) is 0 Å². The number of carbonyl (C=O) groups is 2. The molecule has 1 aromatic heterocycles. The van der Waals surface area contributed by atoms with Gasteiger partial charge in [-0.15, -0.1) is 0 Å². The molecule has 0 saturated heterocycles. The van der Waals surface area contributed by atoms with Crippen LogP contribution in [0.2, 0.25) is 0 Å². The van der Waals surface area contributed by atoms with Gasteiger partial charge in [0.15, 0.2) is 17.5 Å². The standard InChI is InChI=1S/C12H15NO5/c1-4-17-11(14)8(2)18-9-6-5-7-13-10(9)12(15)16-3/h5-8H,4H2,1-3H3. The largest absolute Gasteiger partial charge is 0.476 e. The number of carbonyl (C=O) groups excluding carboxylic acids is 2. The molecule has 0 spiro atoms. The van der Waals surface area contributed by atoms with E-state index < -0.39 is 18.0 Å². The first-order chi connectivity index (χ1) is 8.60. The molecule has 0 amide bonds. The summed E-state index contributed by atoms with van der Waals surface area (Å²) in [6.45, 7) is 3.50. The zero-order chi connectivity index (χ0) is 13.5. The average molecular weight is 253 g/mol. The fourth-order valence-corrected chi connectivity index (χ4v) is 1.23. The third-order valence-electron chi connectivity index (χ3n) is 2.07. The zero-order valence-electron chi connectivity index (χ0n) is 10.5. The van der Waals surface area contributed by atoms with Crippen LogP contribution in [0.1, 0.15) is 24.3 Å². The Morgan fingerprint density at radius 1 is 1.44 bits per heavy atom. The number of methoxy groups -OCH3 is 1. The minimum atomic E-state index is -0.822. The minimum absolute atomic E-state index is 0.0242. The summed E-state index contributed by atoms with van der Waals surface area (Å²) < 4.78 is 14.7. The maximum absolute atomic E-state index is 11.4. The van der Waals surface area contributed by atoms with Gasteiger partial charge in [0.1, 0.15) is 0 Å². The van der Waals surface area contributed by atoms with Gasteiger partial charge in [-0.1, -0.05) is 0 Å². The Kier molecular flexibility index (Phi) is 5.10. The second-order valence-corrected chi connectivity index (χ2v) is 3.35. The molecule has 1 unspecified atom stereocenters. The normalized spacial score (nSPS) is 11.5. The number of nitrogens with zero attached hydrogens (tertiary/aromatic N) is 1. The van der Waals surface area contributed by atoms with Crippen LogP contribution >= 0.6 is 0 Å². The Balaban J connectivity index is 2.84. The summed E-state index contributed by atoms with van der Waals surface area (Å²) in [6, 6.07) is 3.13. The maximum Gasteiger partial charge on any atom is 0.360 e. The van der Waals surface area contributed by atoms with Crippen molar-refractivity contribution in [2.24, 2.45) is 0 Å². The van der Waals surface area contributed by atoms with Gasteiger partial charge in [-0.05, 0) is 26.0 Å². The number of esters is 2. The highest BCUT2D eigenvalue weighted by molar-refractivity contribution is 5.90. The van der Waals surface area contributed by atoms with E-state index >= 15 is 0 Å². The predicted octanol–water partition coefficient (Wildman–Crippen LogP) is 1.20. The number of hydrogen-bond donors (Lipinski definition) is 0. The van der Waals surface area contributed by atoms with Crippen molar-refractivity contribution in [3.63, 3.8) is 0 Å². The molecule has 6 nitrogen and oxygen atoms in total. The Morgan fingerprint density at radius 3 is 2.78 bits per heavy atom. The molecular formula is C12H15NO5. The highest BCUT2D eigenvalue weighted by Crippen LogP contribution is 2.18.